The van der Waals surface area contributed by atoms with Crippen molar-refractivity contribution >= 4 is 19.7 Å². The maximum Gasteiger partial charge on any atom is 0.261 e. The number of halogens is 2. The molecule has 146 valence electrons. The fourth-order valence-electron chi connectivity index (χ4n) is 2.54. The average Bonchev–Trinajstić information content (AvgIpc) is 2.68. The van der Waals surface area contributed by atoms with Gasteiger partial charge in [-0.1, -0.05) is 43.3 Å². The van der Waals surface area contributed by atoms with E-state index in [0.717, 1.165) is 23.6 Å². The molecule has 0 aliphatic heterocycles. The van der Waals surface area contributed by atoms with E-state index in [-0.39, 0.29) is 10.6 Å². The molecular formula is C21H18ClFO4S. The van der Waals surface area contributed by atoms with Gasteiger partial charge in [0.1, 0.15) is 6.61 Å². The van der Waals surface area contributed by atoms with Gasteiger partial charge in [-0.2, -0.15) is 0 Å². The lowest BCUT2D eigenvalue weighted by Crippen LogP contribution is -1.99. The average molecular weight is 421 g/mol. The highest BCUT2D eigenvalue weighted by Gasteiger charge is 2.16. The quantitative estimate of drug-likeness (QED) is 0.461. The van der Waals surface area contributed by atoms with Crippen LogP contribution in [0, 0.1) is 5.82 Å². The Balaban J connectivity index is 1.87. The van der Waals surface area contributed by atoms with Gasteiger partial charge in [-0.3, -0.25) is 0 Å². The smallest absolute Gasteiger partial charge is 0.261 e. The first kappa shape index (κ1) is 20.2. The molecule has 0 atom stereocenters. The highest BCUT2D eigenvalue weighted by molar-refractivity contribution is 8.13. The largest absolute Gasteiger partial charge is 0.485 e. The molecule has 4 nitrogen and oxygen atoms in total. The molecule has 0 bridgehead atoms. The molecule has 0 unspecified atom stereocenters. The summed E-state index contributed by atoms with van der Waals surface area (Å²) in [4.78, 5) is -0.333. The van der Waals surface area contributed by atoms with Crippen molar-refractivity contribution in [3.05, 3.63) is 83.7 Å². The van der Waals surface area contributed by atoms with Crippen LogP contribution in [0.25, 0.3) is 0 Å². The molecule has 0 heterocycles. The van der Waals surface area contributed by atoms with Gasteiger partial charge in [0.2, 0.25) is 0 Å². The Morgan fingerprint density at radius 3 is 2.25 bits per heavy atom. The summed E-state index contributed by atoms with van der Waals surface area (Å²) in [6, 6.07) is 18.3. The van der Waals surface area contributed by atoms with Crippen LogP contribution in [-0.2, 0) is 22.1 Å². The Morgan fingerprint density at radius 1 is 0.893 bits per heavy atom. The molecule has 0 aliphatic rings. The fourth-order valence-corrected chi connectivity index (χ4v) is 3.30. The van der Waals surface area contributed by atoms with Crippen LogP contribution in [0.3, 0.4) is 0 Å². The van der Waals surface area contributed by atoms with Crippen molar-refractivity contribution in [1.82, 2.24) is 0 Å². The normalized spacial score (nSPS) is 11.2. The molecule has 3 rings (SSSR count). The molecule has 28 heavy (non-hydrogen) atoms. The van der Waals surface area contributed by atoms with Crippen molar-refractivity contribution in [1.29, 1.82) is 0 Å². The SMILES string of the molecule is CCc1ccc(Oc2ccc(S(=O)(=O)Cl)cc2F)c(OCc2ccccc2)c1. The topological polar surface area (TPSA) is 52.6 Å². The molecular weight excluding hydrogens is 403 g/mol. The lowest BCUT2D eigenvalue weighted by molar-refractivity contribution is 0.289. The lowest BCUT2D eigenvalue weighted by atomic mass is 10.1. The van der Waals surface area contributed by atoms with Gasteiger partial charge in [0.15, 0.2) is 23.1 Å². The standard InChI is InChI=1S/C21H18ClFO4S/c1-2-15-8-10-20(21(12-15)26-14-16-6-4-3-5-7-16)27-19-11-9-17(13-18(19)23)28(22,24)25/h3-13H,2,14H2,1H3. The Hall–Kier alpha value is -2.57. The zero-order valence-electron chi connectivity index (χ0n) is 15.1. The van der Waals surface area contributed by atoms with Gasteiger partial charge in [0.25, 0.3) is 9.05 Å². The van der Waals surface area contributed by atoms with E-state index < -0.39 is 14.9 Å². The molecule has 0 saturated heterocycles. The molecule has 3 aromatic carbocycles. The minimum absolute atomic E-state index is 0.127. The summed E-state index contributed by atoms with van der Waals surface area (Å²) < 4.78 is 48.5. The van der Waals surface area contributed by atoms with E-state index in [4.69, 9.17) is 20.2 Å². The van der Waals surface area contributed by atoms with Crippen LogP contribution in [0.2, 0.25) is 0 Å². The minimum atomic E-state index is -4.02. The van der Waals surface area contributed by atoms with Gasteiger partial charge in [-0.25, -0.2) is 12.8 Å². The van der Waals surface area contributed by atoms with Crippen LogP contribution in [0.4, 0.5) is 4.39 Å². The summed E-state index contributed by atoms with van der Waals surface area (Å²) in [5.74, 6) is -0.168. The zero-order valence-corrected chi connectivity index (χ0v) is 16.6. The van der Waals surface area contributed by atoms with Gasteiger partial charge in [0.05, 0.1) is 4.90 Å². The first-order chi connectivity index (χ1) is 13.4. The third-order valence-corrected chi connectivity index (χ3v) is 5.41. The third-order valence-electron chi connectivity index (χ3n) is 4.06. The van der Waals surface area contributed by atoms with E-state index >= 15 is 0 Å². The number of ether oxygens (including phenoxy) is 2. The van der Waals surface area contributed by atoms with E-state index in [1.807, 2.05) is 49.4 Å². The predicted octanol–water partition coefficient (Wildman–Crippen LogP) is 5.69. The van der Waals surface area contributed by atoms with Crippen molar-refractivity contribution in [3.63, 3.8) is 0 Å². The molecule has 0 fully saturated rings. The van der Waals surface area contributed by atoms with Gasteiger partial charge in [0, 0.05) is 10.7 Å². The lowest BCUT2D eigenvalue weighted by Gasteiger charge is -2.14. The van der Waals surface area contributed by atoms with E-state index in [2.05, 4.69) is 0 Å². The van der Waals surface area contributed by atoms with Gasteiger partial charge < -0.3 is 9.47 Å². The minimum Gasteiger partial charge on any atom is -0.485 e. The second-order valence-electron chi connectivity index (χ2n) is 6.04. The monoisotopic (exact) mass is 420 g/mol. The van der Waals surface area contributed by atoms with Gasteiger partial charge in [-0.15, -0.1) is 0 Å². The molecule has 0 spiro atoms. The van der Waals surface area contributed by atoms with Crippen LogP contribution in [0.1, 0.15) is 18.1 Å². The summed E-state index contributed by atoms with van der Waals surface area (Å²) in [6.45, 7) is 2.35. The van der Waals surface area contributed by atoms with Crippen LogP contribution in [0.5, 0.6) is 17.2 Å². The van der Waals surface area contributed by atoms with E-state index in [0.29, 0.717) is 18.1 Å². The van der Waals surface area contributed by atoms with Crippen LogP contribution in [-0.4, -0.2) is 8.42 Å². The summed E-state index contributed by atoms with van der Waals surface area (Å²) in [7, 11) is 1.23. The Bertz CT molecular complexity index is 1070. The van der Waals surface area contributed by atoms with E-state index in [1.54, 1.807) is 6.07 Å². The Labute approximate surface area is 167 Å². The first-order valence-electron chi connectivity index (χ1n) is 8.58. The molecule has 0 amide bonds. The highest BCUT2D eigenvalue weighted by Crippen LogP contribution is 2.35. The maximum absolute atomic E-state index is 14.3. The summed E-state index contributed by atoms with van der Waals surface area (Å²) in [6.07, 6.45) is 0.804. The van der Waals surface area contributed by atoms with Crippen molar-refractivity contribution in [3.8, 4) is 17.2 Å². The van der Waals surface area contributed by atoms with Crippen molar-refractivity contribution < 1.29 is 22.3 Å². The summed E-state index contributed by atoms with van der Waals surface area (Å²) >= 11 is 0. The summed E-state index contributed by atoms with van der Waals surface area (Å²) in [5, 5.41) is 0. The number of aryl methyl sites for hydroxylation is 1. The molecule has 7 heteroatoms. The van der Waals surface area contributed by atoms with Crippen LogP contribution < -0.4 is 9.47 Å². The van der Waals surface area contributed by atoms with E-state index in [1.165, 1.54) is 12.1 Å². The number of hydrogen-bond acceptors (Lipinski definition) is 4. The number of hydrogen-bond donors (Lipinski definition) is 0. The second kappa shape index (κ2) is 8.63. The van der Waals surface area contributed by atoms with Crippen molar-refractivity contribution in [2.75, 3.05) is 0 Å². The Kier molecular flexibility index (Phi) is 6.21. The third kappa shape index (κ3) is 5.03. The Morgan fingerprint density at radius 2 is 1.61 bits per heavy atom. The molecule has 0 N–H and O–H groups in total. The zero-order chi connectivity index (χ0) is 20.1. The molecule has 0 radical (unpaired) electrons. The van der Waals surface area contributed by atoms with Crippen LogP contribution >= 0.6 is 10.7 Å². The van der Waals surface area contributed by atoms with Crippen molar-refractivity contribution in [2.24, 2.45) is 0 Å². The number of benzene rings is 3. The molecule has 0 aliphatic carbocycles. The maximum atomic E-state index is 14.3. The molecule has 0 saturated carbocycles. The fraction of sp³-hybridized carbons (Fsp3) is 0.143. The van der Waals surface area contributed by atoms with Gasteiger partial charge >= 0.3 is 0 Å². The first-order valence-corrected chi connectivity index (χ1v) is 10.9. The van der Waals surface area contributed by atoms with Crippen LogP contribution in [0.15, 0.2) is 71.6 Å². The van der Waals surface area contributed by atoms with Gasteiger partial charge in [-0.05, 0) is 47.9 Å². The second-order valence-corrected chi connectivity index (χ2v) is 8.61. The summed E-state index contributed by atoms with van der Waals surface area (Å²) in [5.41, 5.74) is 2.03. The molecule has 0 aromatic heterocycles. The van der Waals surface area contributed by atoms with Crippen molar-refractivity contribution in [2.45, 2.75) is 24.8 Å². The number of rotatable bonds is 7. The highest BCUT2D eigenvalue weighted by atomic mass is 35.7. The van der Waals surface area contributed by atoms with E-state index in [9.17, 15) is 12.8 Å². The predicted molar refractivity (Wildman–Crippen MR) is 106 cm³/mol. The molecule has 3 aromatic rings.